The summed E-state index contributed by atoms with van der Waals surface area (Å²) in [7, 11) is 0. The molecule has 2 heterocycles. The van der Waals surface area contributed by atoms with Crippen molar-refractivity contribution in [2.24, 2.45) is 0 Å². The summed E-state index contributed by atoms with van der Waals surface area (Å²) >= 11 is 11.7. The maximum Gasteiger partial charge on any atom is 0.338 e. The zero-order valence-corrected chi connectivity index (χ0v) is 24.5. The SMILES string of the molecule is CCOC(=O)c1ccc(N2C(=O)[C@H](CC(=O)Nc3ccc(Cl)cc3)N(Cc3ccc(N4CCCC4=O)cc3)C2=S)cc1. The molecule has 0 bridgehead atoms. The normalized spacial score (nSPS) is 16.8. The van der Waals surface area contributed by atoms with Gasteiger partial charge in [-0.2, -0.15) is 0 Å². The zero-order valence-electron chi connectivity index (χ0n) is 22.9. The highest BCUT2D eigenvalue weighted by molar-refractivity contribution is 7.80. The van der Waals surface area contributed by atoms with Crippen LogP contribution in [0.15, 0.2) is 72.8 Å². The van der Waals surface area contributed by atoms with Gasteiger partial charge in [0.25, 0.3) is 5.91 Å². The van der Waals surface area contributed by atoms with Gasteiger partial charge in [0.1, 0.15) is 6.04 Å². The molecule has 2 aliphatic rings. The smallest absolute Gasteiger partial charge is 0.338 e. The van der Waals surface area contributed by atoms with E-state index in [-0.39, 0.29) is 42.4 Å². The number of esters is 1. The Bertz CT molecular complexity index is 1510. The summed E-state index contributed by atoms with van der Waals surface area (Å²) in [5.41, 5.74) is 3.08. The van der Waals surface area contributed by atoms with E-state index in [1.807, 2.05) is 24.3 Å². The third kappa shape index (κ3) is 6.29. The zero-order chi connectivity index (χ0) is 29.8. The Hall–Kier alpha value is -4.28. The lowest BCUT2D eigenvalue weighted by Crippen LogP contribution is -2.37. The number of amides is 3. The number of ether oxygens (including phenoxy) is 1. The van der Waals surface area contributed by atoms with Crippen LogP contribution in [-0.2, 0) is 25.7 Å². The molecule has 1 atom stereocenters. The third-order valence-corrected chi connectivity index (χ3v) is 7.81. The fraction of sp³-hybridized carbons (Fsp3) is 0.258. The third-order valence-electron chi connectivity index (χ3n) is 7.14. The fourth-order valence-electron chi connectivity index (χ4n) is 5.03. The average Bonchev–Trinajstić information content (AvgIpc) is 3.51. The van der Waals surface area contributed by atoms with Gasteiger partial charge in [-0.3, -0.25) is 19.3 Å². The van der Waals surface area contributed by atoms with Gasteiger partial charge in [-0.1, -0.05) is 23.7 Å². The maximum absolute atomic E-state index is 13.8. The molecule has 0 saturated carbocycles. The monoisotopic (exact) mass is 604 g/mol. The highest BCUT2D eigenvalue weighted by Crippen LogP contribution is 2.30. The van der Waals surface area contributed by atoms with Crippen LogP contribution in [0.25, 0.3) is 0 Å². The molecule has 0 spiro atoms. The molecule has 3 aromatic rings. The minimum atomic E-state index is -0.866. The van der Waals surface area contributed by atoms with Crippen molar-refractivity contribution in [3.63, 3.8) is 0 Å². The summed E-state index contributed by atoms with van der Waals surface area (Å²) in [4.78, 5) is 56.0. The molecule has 11 heteroatoms. The Labute approximate surface area is 254 Å². The van der Waals surface area contributed by atoms with E-state index in [1.165, 1.54) is 4.90 Å². The Morgan fingerprint density at radius 2 is 1.64 bits per heavy atom. The number of anilines is 3. The number of benzene rings is 3. The van der Waals surface area contributed by atoms with E-state index in [1.54, 1.807) is 65.3 Å². The average molecular weight is 605 g/mol. The highest BCUT2D eigenvalue weighted by Gasteiger charge is 2.44. The van der Waals surface area contributed by atoms with Crippen molar-refractivity contribution < 1.29 is 23.9 Å². The van der Waals surface area contributed by atoms with Crippen molar-refractivity contribution in [2.45, 2.75) is 38.8 Å². The lowest BCUT2D eigenvalue weighted by molar-refractivity contribution is -0.124. The molecule has 216 valence electrons. The highest BCUT2D eigenvalue weighted by atomic mass is 35.5. The topological polar surface area (TPSA) is 99.3 Å². The number of hydrogen-bond donors (Lipinski definition) is 1. The lowest BCUT2D eigenvalue weighted by Gasteiger charge is -2.24. The summed E-state index contributed by atoms with van der Waals surface area (Å²) in [6, 6.07) is 19.8. The number of nitrogens with one attached hydrogen (secondary N) is 1. The molecular formula is C31H29ClN4O5S. The van der Waals surface area contributed by atoms with Crippen LogP contribution in [0.5, 0.6) is 0 Å². The van der Waals surface area contributed by atoms with Crippen LogP contribution >= 0.6 is 23.8 Å². The molecule has 2 fully saturated rings. The van der Waals surface area contributed by atoms with Crippen molar-refractivity contribution in [2.75, 3.05) is 28.3 Å². The van der Waals surface area contributed by atoms with Crippen molar-refractivity contribution in [3.8, 4) is 0 Å². The second-order valence-corrected chi connectivity index (χ2v) is 10.7. The molecule has 1 N–H and O–H groups in total. The molecule has 42 heavy (non-hydrogen) atoms. The van der Waals surface area contributed by atoms with Gasteiger partial charge in [0.05, 0.1) is 24.3 Å². The molecule has 9 nitrogen and oxygen atoms in total. The van der Waals surface area contributed by atoms with Crippen molar-refractivity contribution >= 4 is 69.7 Å². The molecule has 2 saturated heterocycles. The van der Waals surface area contributed by atoms with E-state index in [9.17, 15) is 19.2 Å². The first-order valence-corrected chi connectivity index (χ1v) is 14.4. The van der Waals surface area contributed by atoms with E-state index < -0.39 is 12.0 Å². The van der Waals surface area contributed by atoms with E-state index in [0.29, 0.717) is 34.9 Å². The quantitative estimate of drug-likeness (QED) is 0.266. The lowest BCUT2D eigenvalue weighted by atomic mass is 10.1. The fourth-order valence-corrected chi connectivity index (χ4v) is 5.55. The minimum absolute atomic E-state index is 0.102. The van der Waals surface area contributed by atoms with Crippen molar-refractivity contribution in [3.05, 3.63) is 88.9 Å². The standard InChI is InChI=1S/C31H29ClN4O5S/c1-2-41-30(40)21-7-15-25(16-8-21)36-29(39)26(18-27(37)33-23-11-9-22(32)10-12-23)35(31(36)42)19-20-5-13-24(14-6-20)34-17-3-4-28(34)38/h5-16,26H,2-4,17-19H2,1H3,(H,33,37)/t26-/m0/s1. The molecule has 0 radical (unpaired) electrons. The number of halogens is 1. The van der Waals surface area contributed by atoms with Crippen molar-refractivity contribution in [1.82, 2.24) is 4.90 Å². The second-order valence-electron chi connectivity index (χ2n) is 9.94. The van der Waals surface area contributed by atoms with Gasteiger partial charge in [-0.05, 0) is 91.8 Å². The predicted octanol–water partition coefficient (Wildman–Crippen LogP) is 5.17. The Morgan fingerprint density at radius 1 is 0.976 bits per heavy atom. The predicted molar refractivity (Wildman–Crippen MR) is 165 cm³/mol. The molecular weight excluding hydrogens is 576 g/mol. The maximum atomic E-state index is 13.8. The van der Waals surface area contributed by atoms with Crippen LogP contribution < -0.4 is 15.1 Å². The van der Waals surface area contributed by atoms with E-state index in [0.717, 1.165) is 17.7 Å². The van der Waals surface area contributed by atoms with Gasteiger partial charge in [-0.25, -0.2) is 4.79 Å². The first-order chi connectivity index (χ1) is 20.2. The molecule has 5 rings (SSSR count). The number of hydrogen-bond acceptors (Lipinski definition) is 6. The Kier molecular flexibility index (Phi) is 8.84. The summed E-state index contributed by atoms with van der Waals surface area (Å²) in [5, 5.41) is 3.60. The number of thiocarbonyl (C=S) groups is 1. The molecule has 0 aromatic heterocycles. The van der Waals surface area contributed by atoms with Gasteiger partial charge in [0.2, 0.25) is 11.8 Å². The van der Waals surface area contributed by atoms with Gasteiger partial charge in [-0.15, -0.1) is 0 Å². The minimum Gasteiger partial charge on any atom is -0.462 e. The van der Waals surface area contributed by atoms with Gasteiger partial charge in [0, 0.05) is 35.9 Å². The summed E-state index contributed by atoms with van der Waals surface area (Å²) in [6.07, 6.45) is 1.24. The molecule has 2 aliphatic heterocycles. The van der Waals surface area contributed by atoms with Crippen molar-refractivity contribution in [1.29, 1.82) is 0 Å². The summed E-state index contributed by atoms with van der Waals surface area (Å²) < 4.78 is 5.05. The molecule has 3 amide bonds. The van der Waals surface area contributed by atoms with Crippen LogP contribution in [0.4, 0.5) is 17.1 Å². The number of nitrogens with zero attached hydrogens (tertiary/aromatic N) is 3. The molecule has 0 aliphatic carbocycles. The van der Waals surface area contributed by atoms with E-state index in [4.69, 9.17) is 28.6 Å². The Morgan fingerprint density at radius 3 is 2.26 bits per heavy atom. The summed E-state index contributed by atoms with van der Waals surface area (Å²) in [5.74, 6) is -1.07. The largest absolute Gasteiger partial charge is 0.462 e. The van der Waals surface area contributed by atoms with Crippen LogP contribution in [0.3, 0.4) is 0 Å². The van der Waals surface area contributed by atoms with Crippen LogP contribution in [0.1, 0.15) is 42.1 Å². The van der Waals surface area contributed by atoms with E-state index in [2.05, 4.69) is 5.32 Å². The van der Waals surface area contributed by atoms with Gasteiger partial charge >= 0.3 is 5.97 Å². The second kappa shape index (κ2) is 12.7. The van der Waals surface area contributed by atoms with Crippen LogP contribution in [0, 0.1) is 0 Å². The Balaban J connectivity index is 1.38. The van der Waals surface area contributed by atoms with Gasteiger partial charge in [0.15, 0.2) is 5.11 Å². The number of carbonyl (C=O) groups is 4. The van der Waals surface area contributed by atoms with Crippen LogP contribution in [-0.4, -0.2) is 52.9 Å². The van der Waals surface area contributed by atoms with Gasteiger partial charge < -0.3 is 19.9 Å². The van der Waals surface area contributed by atoms with E-state index >= 15 is 0 Å². The first-order valence-electron chi connectivity index (χ1n) is 13.6. The number of carbonyl (C=O) groups excluding carboxylic acids is 4. The molecule has 3 aromatic carbocycles. The summed E-state index contributed by atoms with van der Waals surface area (Å²) in [6.45, 7) is 2.94. The van der Waals surface area contributed by atoms with Crippen LogP contribution in [0.2, 0.25) is 5.02 Å². The first kappa shape index (κ1) is 29.2. The molecule has 0 unspecified atom stereocenters. The number of rotatable bonds is 9.